The van der Waals surface area contributed by atoms with E-state index in [2.05, 4.69) is 198 Å². The first kappa shape index (κ1) is 91.9. The number of ether oxygens (including phenoxy) is 12. The largest absolute Gasteiger partial charge is 0.494 e. The van der Waals surface area contributed by atoms with Crippen molar-refractivity contribution in [2.24, 2.45) is 0 Å². The van der Waals surface area contributed by atoms with Gasteiger partial charge in [0.15, 0.2) is 23.0 Å². The standard InChI is InChI=1S/C105H129IO12S/c1-7-11-15-19-23-27-59-107-93-51-41-85(42-52-93)74-115-102-69-90(67-100(113-72-83-35-31-80(5)32-36-83)104(102)117-76-87-45-55-95(56-46-87)109-61-29-25-21-17-13-9-3)78-111-97-63-89(66-99(119)65-82-39-49-92(106)50-40-82)64-98(71-97)112-79-91-68-101(114-73-84-37-33-81(6)34-38-84)105(118-77-88-47-57-96(58-48-88)110-62-30-26-22-18-14-10-4)103(70-91)116-75-86-43-53-94(54-44-86)108-60-28-24-20-16-12-8-2/h31-58,63-64,67-71H,7-30,59-62,65-66,72-79H2,1-6H3. The van der Waals surface area contributed by atoms with Gasteiger partial charge in [0.1, 0.15) is 87.4 Å². The Bertz CT molecular complexity index is 4240. The average Bonchev–Trinajstić information content (AvgIpc) is 0.813. The summed E-state index contributed by atoms with van der Waals surface area (Å²) >= 11 is 8.58. The molecule has 10 aromatic carbocycles. The lowest BCUT2D eigenvalue weighted by molar-refractivity contribution is 0.227. The molecule has 0 aliphatic carbocycles. The van der Waals surface area contributed by atoms with Gasteiger partial charge in [-0.15, -0.1) is 0 Å². The van der Waals surface area contributed by atoms with Crippen LogP contribution in [0.4, 0.5) is 0 Å². The molecule has 14 heteroatoms. The Morgan fingerprint density at radius 3 is 0.765 bits per heavy atom. The smallest absolute Gasteiger partial charge is 0.203 e. The summed E-state index contributed by atoms with van der Waals surface area (Å²) in [6.45, 7) is 17.8. The van der Waals surface area contributed by atoms with Crippen LogP contribution in [-0.4, -0.2) is 31.3 Å². The number of halogens is 1. The molecule has 0 amide bonds. The van der Waals surface area contributed by atoms with E-state index >= 15 is 0 Å². The Hall–Kier alpha value is -9.38. The fourth-order valence-corrected chi connectivity index (χ4v) is 14.5. The minimum atomic E-state index is 0.133. The Labute approximate surface area is 730 Å². The van der Waals surface area contributed by atoms with Crippen molar-refractivity contribution in [1.82, 2.24) is 0 Å². The fourth-order valence-electron chi connectivity index (χ4n) is 13.8. The minimum absolute atomic E-state index is 0.133. The van der Waals surface area contributed by atoms with Gasteiger partial charge in [-0.2, -0.15) is 0 Å². The van der Waals surface area contributed by atoms with Crippen molar-refractivity contribution in [1.29, 1.82) is 0 Å². The summed E-state index contributed by atoms with van der Waals surface area (Å²) in [6.07, 6.45) is 30.1. The molecule has 0 atom stereocenters. The van der Waals surface area contributed by atoms with Gasteiger partial charge in [0, 0.05) is 27.3 Å². The van der Waals surface area contributed by atoms with Crippen LogP contribution in [0.1, 0.15) is 249 Å². The second-order valence-corrected chi connectivity index (χ2v) is 33.3. The van der Waals surface area contributed by atoms with Crippen LogP contribution in [0.3, 0.4) is 0 Å². The molecule has 0 saturated carbocycles. The maximum Gasteiger partial charge on any atom is 0.203 e. The van der Waals surface area contributed by atoms with E-state index in [0.29, 0.717) is 85.3 Å². The van der Waals surface area contributed by atoms with Crippen LogP contribution in [-0.2, 0) is 65.7 Å². The van der Waals surface area contributed by atoms with Crippen molar-refractivity contribution in [2.45, 2.75) is 261 Å². The van der Waals surface area contributed by atoms with Gasteiger partial charge >= 0.3 is 0 Å². The van der Waals surface area contributed by atoms with Crippen LogP contribution in [0.15, 0.2) is 212 Å². The third-order valence-electron chi connectivity index (χ3n) is 21.0. The molecule has 10 rings (SSSR count). The predicted molar refractivity (Wildman–Crippen MR) is 497 cm³/mol. The molecule has 10 aromatic rings. The second-order valence-electron chi connectivity index (χ2n) is 31.5. The van der Waals surface area contributed by atoms with E-state index in [-0.39, 0.29) is 52.9 Å². The maximum atomic E-state index is 6.99. The van der Waals surface area contributed by atoms with E-state index < -0.39 is 0 Å². The van der Waals surface area contributed by atoms with Crippen molar-refractivity contribution < 1.29 is 56.8 Å². The maximum absolute atomic E-state index is 6.99. The lowest BCUT2D eigenvalue weighted by atomic mass is 10.0. The minimum Gasteiger partial charge on any atom is -0.494 e. The second kappa shape index (κ2) is 53.3. The van der Waals surface area contributed by atoms with Crippen LogP contribution in [0, 0.1) is 17.4 Å². The number of rotatable bonds is 60. The summed E-state index contributed by atoms with van der Waals surface area (Å²) < 4.78 is 81.4. The summed E-state index contributed by atoms with van der Waals surface area (Å²) in [7, 11) is 0. The van der Waals surface area contributed by atoms with E-state index in [0.717, 1.165) is 120 Å². The number of aryl methyl sites for hydroxylation is 2. The van der Waals surface area contributed by atoms with E-state index in [4.69, 9.17) is 69.1 Å². The molecule has 119 heavy (non-hydrogen) atoms. The quantitative estimate of drug-likeness (QED) is 0.0205. The zero-order valence-electron chi connectivity index (χ0n) is 71.8. The highest BCUT2D eigenvalue weighted by atomic mass is 127. The Morgan fingerprint density at radius 2 is 0.471 bits per heavy atom. The van der Waals surface area contributed by atoms with Crippen molar-refractivity contribution in [3.63, 3.8) is 0 Å². The normalized spacial score (nSPS) is 11.1. The van der Waals surface area contributed by atoms with Gasteiger partial charge in [-0.3, -0.25) is 0 Å². The van der Waals surface area contributed by atoms with E-state index in [1.165, 1.54) is 132 Å². The summed E-state index contributed by atoms with van der Waals surface area (Å²) in [5, 5.41) is 0. The fraction of sp³-hybridized carbons (Fsp3) is 0.419. The number of hydrogen-bond acceptors (Lipinski definition) is 13. The molecule has 0 fully saturated rings. The van der Waals surface area contributed by atoms with Gasteiger partial charge in [-0.05, 0) is 215 Å². The van der Waals surface area contributed by atoms with E-state index in [1.807, 2.05) is 78.9 Å². The zero-order chi connectivity index (χ0) is 83.1. The molecular weight excluding hydrogens is 1610 g/mol. The Kier molecular flexibility index (Phi) is 41.2. The summed E-state index contributed by atoms with van der Waals surface area (Å²) in [6, 6.07) is 72.0. The van der Waals surface area contributed by atoms with Crippen LogP contribution < -0.4 is 56.8 Å². The van der Waals surface area contributed by atoms with Crippen molar-refractivity contribution >= 4 is 39.7 Å². The zero-order valence-corrected chi connectivity index (χ0v) is 74.7. The molecule has 0 saturated heterocycles. The van der Waals surface area contributed by atoms with Crippen molar-refractivity contribution in [2.75, 3.05) is 26.4 Å². The van der Waals surface area contributed by atoms with Crippen LogP contribution in [0.25, 0.3) is 0 Å². The number of thiocarbonyl (C=S) groups is 1. The first-order valence-electron chi connectivity index (χ1n) is 44.2. The van der Waals surface area contributed by atoms with E-state index in [1.54, 1.807) is 0 Å². The van der Waals surface area contributed by atoms with Crippen molar-refractivity contribution in [3.8, 4) is 69.0 Å². The number of benzene rings is 10. The van der Waals surface area contributed by atoms with Gasteiger partial charge in [0.25, 0.3) is 0 Å². The SMILES string of the molecule is CCCCCCCCOc1ccc(COc2cc(COc3cc(CC(=S)Cc4ccc(I)cc4)cc(OCc4cc(OCc5ccc(C)cc5)c(OCc5ccc(OCCCCCCCC)cc5)c(OCc5ccc(OCCCCCCCC)cc5)c4)c3)cc(OCc3ccc(C)cc3)c2OCc2ccc(OCCCCCCCC)cc2)cc1. The van der Waals surface area contributed by atoms with Crippen molar-refractivity contribution in [3.05, 3.63) is 283 Å². The van der Waals surface area contributed by atoms with E-state index in [9.17, 15) is 0 Å². The monoisotopic (exact) mass is 1740 g/mol. The highest BCUT2D eigenvalue weighted by molar-refractivity contribution is 14.1. The average molecular weight is 1740 g/mol. The van der Waals surface area contributed by atoms with Crippen LogP contribution in [0.2, 0.25) is 0 Å². The van der Waals surface area contributed by atoms with Gasteiger partial charge in [0.2, 0.25) is 11.5 Å². The Morgan fingerprint density at radius 1 is 0.227 bits per heavy atom. The van der Waals surface area contributed by atoms with Gasteiger partial charge in [0.05, 0.1) is 26.4 Å². The highest BCUT2D eigenvalue weighted by Crippen LogP contribution is 2.44. The molecule has 0 N–H and O–H groups in total. The molecule has 0 heterocycles. The molecule has 0 aromatic heterocycles. The number of hydrogen-bond donors (Lipinski definition) is 0. The number of unbranched alkanes of at least 4 members (excludes halogenated alkanes) is 20. The van der Waals surface area contributed by atoms with Gasteiger partial charge in [-0.1, -0.05) is 289 Å². The Balaban J connectivity index is 0.948. The summed E-state index contributed by atoms with van der Waals surface area (Å²) in [4.78, 5) is 0.876. The lowest BCUT2D eigenvalue weighted by Gasteiger charge is -2.20. The highest BCUT2D eigenvalue weighted by Gasteiger charge is 2.22. The predicted octanol–water partition coefficient (Wildman–Crippen LogP) is 28.7. The van der Waals surface area contributed by atoms with Crippen LogP contribution in [0.5, 0.6) is 69.0 Å². The molecule has 0 aliphatic heterocycles. The van der Waals surface area contributed by atoms with Gasteiger partial charge < -0.3 is 56.8 Å². The molecule has 0 radical (unpaired) electrons. The first-order chi connectivity index (χ1) is 58.4. The first-order valence-corrected chi connectivity index (χ1v) is 45.7. The molecule has 0 spiro atoms. The molecule has 0 bridgehead atoms. The van der Waals surface area contributed by atoms with Gasteiger partial charge in [-0.25, -0.2) is 0 Å². The summed E-state index contributed by atoms with van der Waals surface area (Å²) in [5.74, 6) is 7.53. The third-order valence-corrected chi connectivity index (χ3v) is 22.0. The third kappa shape index (κ3) is 34.7. The molecule has 0 aliphatic rings. The lowest BCUT2D eigenvalue weighted by Crippen LogP contribution is -2.07. The van der Waals surface area contributed by atoms with Crippen LogP contribution >= 0.6 is 34.8 Å². The topological polar surface area (TPSA) is 111 Å². The molecule has 12 nitrogen and oxygen atoms in total. The molecule has 0 unspecified atom stereocenters. The summed E-state index contributed by atoms with van der Waals surface area (Å²) in [5.41, 5.74) is 11.9. The molecule has 634 valence electrons. The molecular formula is C105H129IO12S.